The number of carbonyl (C=O) groups excluding carboxylic acids is 1. The first-order valence-corrected chi connectivity index (χ1v) is 7.30. The van der Waals surface area contributed by atoms with E-state index < -0.39 is 11.5 Å². The predicted molar refractivity (Wildman–Crippen MR) is 74.5 cm³/mol. The molecule has 0 saturated heterocycles. The second-order valence-corrected chi connectivity index (χ2v) is 5.85. The molecule has 0 amide bonds. The second-order valence-electron chi connectivity index (χ2n) is 4.72. The normalized spacial score (nSPS) is 18.3. The molecule has 0 fully saturated rings. The van der Waals surface area contributed by atoms with Crippen molar-refractivity contribution in [1.29, 1.82) is 0 Å². The van der Waals surface area contributed by atoms with Gasteiger partial charge in [-0.15, -0.1) is 11.8 Å². The maximum atomic E-state index is 12.0. The van der Waals surface area contributed by atoms with Crippen molar-refractivity contribution >= 4 is 23.5 Å². The van der Waals surface area contributed by atoms with E-state index in [0.717, 1.165) is 17.1 Å². The highest BCUT2D eigenvalue weighted by Gasteiger charge is 2.35. The van der Waals surface area contributed by atoms with Gasteiger partial charge >= 0.3 is 5.97 Å². The van der Waals surface area contributed by atoms with Crippen LogP contribution < -0.4 is 5.73 Å². The molecule has 5 heteroatoms. The molecule has 0 saturated carbocycles. The van der Waals surface area contributed by atoms with Crippen molar-refractivity contribution in [3.63, 3.8) is 0 Å². The summed E-state index contributed by atoms with van der Waals surface area (Å²) < 4.78 is 0. The fourth-order valence-electron chi connectivity index (χ4n) is 2.18. The van der Waals surface area contributed by atoms with E-state index in [2.05, 4.69) is 0 Å². The van der Waals surface area contributed by atoms with E-state index in [-0.39, 0.29) is 12.2 Å². The van der Waals surface area contributed by atoms with Crippen molar-refractivity contribution in [2.24, 2.45) is 5.73 Å². The Morgan fingerprint density at radius 3 is 2.89 bits per heavy atom. The lowest BCUT2D eigenvalue weighted by molar-refractivity contribution is -0.143. The Kier molecular flexibility index (Phi) is 3.96. The van der Waals surface area contributed by atoms with Gasteiger partial charge in [0.05, 0.1) is 0 Å². The Balaban J connectivity index is 2.51. The maximum Gasteiger partial charge on any atom is 0.328 e. The molecule has 0 spiro atoms. The van der Waals surface area contributed by atoms with E-state index in [0.29, 0.717) is 17.5 Å². The van der Waals surface area contributed by atoms with Crippen molar-refractivity contribution in [2.75, 3.05) is 5.75 Å². The van der Waals surface area contributed by atoms with Crippen LogP contribution in [0.15, 0.2) is 23.1 Å². The van der Waals surface area contributed by atoms with Crippen LogP contribution >= 0.6 is 11.8 Å². The van der Waals surface area contributed by atoms with Crippen molar-refractivity contribution in [3.05, 3.63) is 29.3 Å². The van der Waals surface area contributed by atoms with Gasteiger partial charge in [0.25, 0.3) is 0 Å². The molecular formula is C14H17NO3S. The number of carboxylic acid groups (broad SMARTS) is 1. The summed E-state index contributed by atoms with van der Waals surface area (Å²) in [4.78, 5) is 24.3. The summed E-state index contributed by atoms with van der Waals surface area (Å²) in [6.45, 7) is 1.73. The van der Waals surface area contributed by atoms with Crippen LogP contribution in [-0.4, -0.2) is 22.6 Å². The summed E-state index contributed by atoms with van der Waals surface area (Å²) in [7, 11) is 0. The highest BCUT2D eigenvalue weighted by Crippen LogP contribution is 2.32. The smallest absolute Gasteiger partial charge is 0.328 e. The average molecular weight is 279 g/mol. The van der Waals surface area contributed by atoms with Crippen LogP contribution in [-0.2, 0) is 10.3 Å². The minimum atomic E-state index is -1.42. The number of aliphatic carboxylic acids is 1. The van der Waals surface area contributed by atoms with E-state index in [9.17, 15) is 14.7 Å². The third-order valence-electron chi connectivity index (χ3n) is 3.54. The van der Waals surface area contributed by atoms with Crippen molar-refractivity contribution in [1.82, 2.24) is 0 Å². The first-order valence-electron chi connectivity index (χ1n) is 6.32. The number of Topliss-reactive ketones (excluding diaryl/α,β-unsaturated/α-hetero) is 1. The fourth-order valence-corrected chi connectivity index (χ4v) is 3.18. The van der Waals surface area contributed by atoms with Crippen LogP contribution in [0.2, 0.25) is 0 Å². The molecule has 1 atom stereocenters. The Morgan fingerprint density at radius 1 is 1.53 bits per heavy atom. The monoisotopic (exact) mass is 279 g/mol. The summed E-state index contributed by atoms with van der Waals surface area (Å²) in [6, 6.07) is 5.20. The van der Waals surface area contributed by atoms with Gasteiger partial charge in [-0.1, -0.05) is 13.0 Å². The molecule has 4 nitrogen and oxygen atoms in total. The zero-order chi connectivity index (χ0) is 14.0. The number of nitrogens with two attached hydrogens (primary N) is 1. The highest BCUT2D eigenvalue weighted by atomic mass is 32.2. The van der Waals surface area contributed by atoms with E-state index in [1.165, 1.54) is 0 Å². The molecule has 3 N–H and O–H groups in total. The van der Waals surface area contributed by atoms with Gasteiger partial charge in [0, 0.05) is 16.9 Å². The third kappa shape index (κ3) is 2.53. The highest BCUT2D eigenvalue weighted by molar-refractivity contribution is 7.99. The van der Waals surface area contributed by atoms with Crippen LogP contribution in [0.25, 0.3) is 0 Å². The quantitative estimate of drug-likeness (QED) is 0.888. The van der Waals surface area contributed by atoms with E-state index >= 15 is 0 Å². The number of fused-ring (bicyclic) bond motifs is 1. The number of carbonyl (C=O) groups is 2. The summed E-state index contributed by atoms with van der Waals surface area (Å²) in [5.74, 6) is -0.0761. The van der Waals surface area contributed by atoms with Crippen LogP contribution in [0, 0.1) is 0 Å². The van der Waals surface area contributed by atoms with Crippen molar-refractivity contribution < 1.29 is 14.7 Å². The molecule has 102 valence electrons. The Bertz CT molecular complexity index is 529. The molecule has 0 aliphatic carbocycles. The number of rotatable bonds is 3. The molecule has 1 aliphatic heterocycles. The number of hydrogen-bond acceptors (Lipinski definition) is 4. The Labute approximate surface area is 116 Å². The molecule has 19 heavy (non-hydrogen) atoms. The molecule has 1 aromatic carbocycles. The maximum absolute atomic E-state index is 12.0. The van der Waals surface area contributed by atoms with E-state index in [1.54, 1.807) is 30.8 Å². The Morgan fingerprint density at radius 2 is 2.26 bits per heavy atom. The van der Waals surface area contributed by atoms with Gasteiger partial charge in [0.15, 0.2) is 5.78 Å². The van der Waals surface area contributed by atoms with Crippen molar-refractivity contribution in [2.45, 2.75) is 36.6 Å². The number of benzene rings is 1. The van der Waals surface area contributed by atoms with Crippen molar-refractivity contribution in [3.8, 4) is 0 Å². The van der Waals surface area contributed by atoms with Gasteiger partial charge in [0.2, 0.25) is 0 Å². The molecule has 1 aliphatic rings. The molecule has 1 unspecified atom stereocenters. The topological polar surface area (TPSA) is 80.4 Å². The third-order valence-corrected chi connectivity index (χ3v) is 4.70. The van der Waals surface area contributed by atoms with Crippen LogP contribution in [0.1, 0.15) is 42.1 Å². The summed E-state index contributed by atoms with van der Waals surface area (Å²) >= 11 is 1.64. The zero-order valence-electron chi connectivity index (χ0n) is 10.8. The van der Waals surface area contributed by atoms with Crippen LogP contribution in [0.4, 0.5) is 0 Å². The lowest BCUT2D eigenvalue weighted by Gasteiger charge is -2.24. The van der Waals surface area contributed by atoms with E-state index in [4.69, 9.17) is 5.73 Å². The minimum Gasteiger partial charge on any atom is -0.480 e. The summed E-state index contributed by atoms with van der Waals surface area (Å²) in [6.07, 6.45) is 1.65. The predicted octanol–water partition coefficient (Wildman–Crippen LogP) is 2.40. The fraction of sp³-hybridized carbons (Fsp3) is 0.429. The molecule has 1 heterocycles. The number of thioether (sulfide) groups is 1. The molecule has 0 radical (unpaired) electrons. The lowest BCUT2D eigenvalue weighted by Crippen LogP contribution is -2.44. The molecule has 0 bridgehead atoms. The first kappa shape index (κ1) is 14.1. The van der Waals surface area contributed by atoms with E-state index in [1.807, 2.05) is 6.07 Å². The molecule has 2 rings (SSSR count). The lowest BCUT2D eigenvalue weighted by atomic mass is 9.87. The Hall–Kier alpha value is -1.33. The largest absolute Gasteiger partial charge is 0.480 e. The van der Waals surface area contributed by atoms with Gasteiger partial charge in [-0.2, -0.15) is 0 Å². The van der Waals surface area contributed by atoms with Gasteiger partial charge in [0.1, 0.15) is 5.54 Å². The summed E-state index contributed by atoms with van der Waals surface area (Å²) in [5, 5.41) is 9.30. The SMILES string of the molecule is CCC(N)(C(=O)O)c1ccc2c(c1)C(=O)CCCS2. The molecular weight excluding hydrogens is 262 g/mol. The standard InChI is InChI=1S/C14H17NO3S/c1-2-14(15,13(17)18)9-5-6-12-10(8-9)11(16)4-3-7-19-12/h5-6,8H,2-4,7,15H2,1H3,(H,17,18). The molecule has 0 aromatic heterocycles. The van der Waals surface area contributed by atoms with Crippen LogP contribution in [0.3, 0.4) is 0 Å². The van der Waals surface area contributed by atoms with Gasteiger partial charge in [-0.25, -0.2) is 4.79 Å². The number of ketones is 1. The minimum absolute atomic E-state index is 0.0747. The first-order chi connectivity index (χ1) is 8.99. The zero-order valence-corrected chi connectivity index (χ0v) is 11.6. The average Bonchev–Trinajstić information content (AvgIpc) is 2.59. The second kappa shape index (κ2) is 5.35. The van der Waals surface area contributed by atoms with Gasteiger partial charge < -0.3 is 10.8 Å². The van der Waals surface area contributed by atoms with Gasteiger partial charge in [-0.05, 0) is 36.3 Å². The number of carboxylic acids is 1. The van der Waals surface area contributed by atoms with Crippen LogP contribution in [0.5, 0.6) is 0 Å². The summed E-state index contributed by atoms with van der Waals surface area (Å²) in [5.41, 5.74) is 5.65. The van der Waals surface area contributed by atoms with Gasteiger partial charge in [-0.3, -0.25) is 4.79 Å². The number of hydrogen-bond donors (Lipinski definition) is 2. The molecule has 1 aromatic rings.